The van der Waals surface area contributed by atoms with Crippen molar-refractivity contribution in [1.82, 2.24) is 0 Å². The van der Waals surface area contributed by atoms with E-state index in [1.165, 1.54) is 4.90 Å². The predicted octanol–water partition coefficient (Wildman–Crippen LogP) is 2.84. The zero-order valence-corrected chi connectivity index (χ0v) is 8.53. The average Bonchev–Trinajstić information content (AvgIpc) is 2.17. The molecule has 0 radical (unpaired) electrons. The first-order chi connectivity index (χ1) is 6.38. The molecule has 0 atom stereocenters. The van der Waals surface area contributed by atoms with Crippen LogP contribution in [0.3, 0.4) is 0 Å². The van der Waals surface area contributed by atoms with Crippen molar-refractivity contribution >= 4 is 17.4 Å². The van der Waals surface area contributed by atoms with Gasteiger partial charge in [0.25, 0.3) is 0 Å². The van der Waals surface area contributed by atoms with Crippen LogP contribution in [-0.4, -0.2) is 12.3 Å². The Balaban J connectivity index is 2.73. The van der Waals surface area contributed by atoms with Crippen molar-refractivity contribution in [3.8, 4) is 12.3 Å². The SMILES string of the molecule is C#CCNc1ccccc1SCC. The summed E-state index contributed by atoms with van der Waals surface area (Å²) in [7, 11) is 0. The van der Waals surface area contributed by atoms with E-state index in [9.17, 15) is 0 Å². The van der Waals surface area contributed by atoms with Gasteiger partial charge in [-0.05, 0) is 17.9 Å². The van der Waals surface area contributed by atoms with E-state index in [4.69, 9.17) is 6.42 Å². The Labute approximate surface area is 83.9 Å². The summed E-state index contributed by atoms with van der Waals surface area (Å²) in [5.74, 6) is 3.64. The summed E-state index contributed by atoms with van der Waals surface area (Å²) in [6.07, 6.45) is 5.18. The summed E-state index contributed by atoms with van der Waals surface area (Å²) >= 11 is 1.82. The summed E-state index contributed by atoms with van der Waals surface area (Å²) in [6.45, 7) is 2.73. The van der Waals surface area contributed by atoms with E-state index in [-0.39, 0.29) is 0 Å². The lowest BCUT2D eigenvalue weighted by Gasteiger charge is -2.07. The second-order valence-electron chi connectivity index (χ2n) is 2.49. The highest BCUT2D eigenvalue weighted by molar-refractivity contribution is 7.99. The molecule has 0 aliphatic heterocycles. The molecule has 0 heterocycles. The minimum Gasteiger partial charge on any atom is -0.373 e. The van der Waals surface area contributed by atoms with Gasteiger partial charge in [-0.2, -0.15) is 0 Å². The number of thioether (sulfide) groups is 1. The predicted molar refractivity (Wildman–Crippen MR) is 60.2 cm³/mol. The Kier molecular flexibility index (Phi) is 4.28. The fraction of sp³-hybridized carbons (Fsp3) is 0.273. The highest BCUT2D eigenvalue weighted by atomic mass is 32.2. The number of para-hydroxylation sites is 1. The minimum absolute atomic E-state index is 0.585. The number of terminal acetylenes is 1. The van der Waals surface area contributed by atoms with Gasteiger partial charge in [0.1, 0.15) is 0 Å². The van der Waals surface area contributed by atoms with Gasteiger partial charge in [-0.15, -0.1) is 18.2 Å². The monoisotopic (exact) mass is 191 g/mol. The van der Waals surface area contributed by atoms with Crippen LogP contribution in [0.1, 0.15) is 6.92 Å². The highest BCUT2D eigenvalue weighted by Gasteiger charge is 1.98. The van der Waals surface area contributed by atoms with Crippen molar-refractivity contribution in [2.24, 2.45) is 0 Å². The standard InChI is InChI=1S/C11H13NS/c1-3-9-12-10-7-5-6-8-11(10)13-4-2/h1,5-8,12H,4,9H2,2H3. The fourth-order valence-corrected chi connectivity index (χ4v) is 1.82. The number of benzene rings is 1. The first-order valence-corrected chi connectivity index (χ1v) is 5.26. The quantitative estimate of drug-likeness (QED) is 0.580. The number of anilines is 1. The molecule has 1 rings (SSSR count). The van der Waals surface area contributed by atoms with E-state index in [2.05, 4.69) is 30.3 Å². The fourth-order valence-electron chi connectivity index (χ4n) is 1.04. The summed E-state index contributed by atoms with van der Waals surface area (Å²) in [4.78, 5) is 1.26. The number of hydrogen-bond acceptors (Lipinski definition) is 2. The van der Waals surface area contributed by atoms with Gasteiger partial charge in [0, 0.05) is 10.6 Å². The van der Waals surface area contributed by atoms with Crippen LogP contribution in [0.25, 0.3) is 0 Å². The molecule has 0 aliphatic carbocycles. The van der Waals surface area contributed by atoms with Crippen molar-refractivity contribution in [2.45, 2.75) is 11.8 Å². The van der Waals surface area contributed by atoms with E-state index in [1.54, 1.807) is 0 Å². The van der Waals surface area contributed by atoms with Gasteiger partial charge in [-0.3, -0.25) is 0 Å². The lowest BCUT2D eigenvalue weighted by molar-refractivity contribution is 1.31. The lowest BCUT2D eigenvalue weighted by atomic mass is 10.3. The van der Waals surface area contributed by atoms with Crippen LogP contribution in [0.4, 0.5) is 5.69 Å². The van der Waals surface area contributed by atoms with Crippen LogP contribution in [0.2, 0.25) is 0 Å². The van der Waals surface area contributed by atoms with Crippen molar-refractivity contribution < 1.29 is 0 Å². The van der Waals surface area contributed by atoms with Crippen LogP contribution >= 0.6 is 11.8 Å². The van der Waals surface area contributed by atoms with Crippen LogP contribution in [-0.2, 0) is 0 Å². The molecule has 0 aromatic heterocycles. The molecule has 2 heteroatoms. The van der Waals surface area contributed by atoms with Crippen LogP contribution in [0.5, 0.6) is 0 Å². The zero-order valence-electron chi connectivity index (χ0n) is 7.71. The molecular formula is C11H13NS. The van der Waals surface area contributed by atoms with Gasteiger partial charge in [0.2, 0.25) is 0 Å². The van der Waals surface area contributed by atoms with Crippen molar-refractivity contribution in [3.63, 3.8) is 0 Å². The normalized spacial score (nSPS) is 9.23. The molecule has 13 heavy (non-hydrogen) atoms. The minimum atomic E-state index is 0.585. The molecule has 0 bridgehead atoms. The van der Waals surface area contributed by atoms with Gasteiger partial charge in [0.15, 0.2) is 0 Å². The van der Waals surface area contributed by atoms with E-state index >= 15 is 0 Å². The molecule has 0 spiro atoms. The Morgan fingerprint density at radius 1 is 1.46 bits per heavy atom. The largest absolute Gasteiger partial charge is 0.373 e. The van der Waals surface area contributed by atoms with E-state index in [0.29, 0.717) is 6.54 Å². The van der Waals surface area contributed by atoms with Crippen molar-refractivity contribution in [1.29, 1.82) is 0 Å². The second kappa shape index (κ2) is 5.55. The molecule has 68 valence electrons. The van der Waals surface area contributed by atoms with Crippen LogP contribution in [0, 0.1) is 12.3 Å². The molecule has 0 fully saturated rings. The molecule has 1 aromatic carbocycles. The third-order valence-electron chi connectivity index (χ3n) is 1.57. The molecule has 0 aliphatic rings. The zero-order chi connectivity index (χ0) is 9.52. The molecule has 0 saturated carbocycles. The Hall–Kier alpha value is -1.07. The maximum absolute atomic E-state index is 5.18. The van der Waals surface area contributed by atoms with Gasteiger partial charge >= 0.3 is 0 Å². The summed E-state index contributed by atoms with van der Waals surface area (Å²) in [5.41, 5.74) is 1.13. The van der Waals surface area contributed by atoms with Crippen molar-refractivity contribution in [2.75, 3.05) is 17.6 Å². The third kappa shape index (κ3) is 3.04. The topological polar surface area (TPSA) is 12.0 Å². The first kappa shape index (κ1) is 10.0. The molecule has 0 amide bonds. The number of nitrogens with one attached hydrogen (secondary N) is 1. The van der Waals surface area contributed by atoms with Gasteiger partial charge < -0.3 is 5.32 Å². The second-order valence-corrected chi connectivity index (χ2v) is 3.79. The first-order valence-electron chi connectivity index (χ1n) is 4.27. The maximum Gasteiger partial charge on any atom is 0.0763 e. The van der Waals surface area contributed by atoms with E-state index in [1.807, 2.05) is 23.9 Å². The smallest absolute Gasteiger partial charge is 0.0763 e. The molecule has 1 aromatic rings. The summed E-state index contributed by atoms with van der Waals surface area (Å²) in [5, 5.41) is 3.19. The summed E-state index contributed by atoms with van der Waals surface area (Å²) < 4.78 is 0. The lowest BCUT2D eigenvalue weighted by Crippen LogP contribution is -1.99. The number of rotatable bonds is 4. The van der Waals surface area contributed by atoms with Gasteiger partial charge in [-0.25, -0.2) is 0 Å². The molecule has 0 unspecified atom stereocenters. The summed E-state index contributed by atoms with van der Waals surface area (Å²) in [6, 6.07) is 8.21. The molecule has 1 nitrogen and oxygen atoms in total. The molecule has 1 N–H and O–H groups in total. The molecule has 0 saturated heterocycles. The Morgan fingerprint density at radius 2 is 2.23 bits per heavy atom. The Bertz CT molecular complexity index is 301. The highest BCUT2D eigenvalue weighted by Crippen LogP contribution is 2.26. The van der Waals surface area contributed by atoms with Crippen LogP contribution in [0.15, 0.2) is 29.2 Å². The van der Waals surface area contributed by atoms with E-state index < -0.39 is 0 Å². The molecular weight excluding hydrogens is 178 g/mol. The average molecular weight is 191 g/mol. The maximum atomic E-state index is 5.18. The third-order valence-corrected chi connectivity index (χ3v) is 2.52. The van der Waals surface area contributed by atoms with Gasteiger partial charge in [-0.1, -0.05) is 25.0 Å². The Morgan fingerprint density at radius 3 is 2.92 bits per heavy atom. The van der Waals surface area contributed by atoms with Crippen molar-refractivity contribution in [3.05, 3.63) is 24.3 Å². The number of hydrogen-bond donors (Lipinski definition) is 1. The van der Waals surface area contributed by atoms with Crippen LogP contribution < -0.4 is 5.32 Å². The van der Waals surface area contributed by atoms with Gasteiger partial charge in [0.05, 0.1) is 6.54 Å². The van der Waals surface area contributed by atoms with E-state index in [0.717, 1.165) is 11.4 Å².